The smallest absolute Gasteiger partial charge is 0.337 e. The Balaban J connectivity index is 2.65. The number of carbonyl (C=O) groups is 1. The Bertz CT molecular complexity index is 463. The van der Waals surface area contributed by atoms with Crippen molar-refractivity contribution in [1.82, 2.24) is 0 Å². The van der Waals surface area contributed by atoms with E-state index in [1.807, 2.05) is 18.2 Å². The number of ether oxygens (including phenoxy) is 1. The number of azide groups is 1. The van der Waals surface area contributed by atoms with Crippen molar-refractivity contribution in [3.8, 4) is 0 Å². The number of hydrogen-bond donors (Lipinski definition) is 0. The maximum absolute atomic E-state index is 11.3. The molecular weight excluding hydrogens is 218 g/mol. The quantitative estimate of drug-likeness (QED) is 0.256. The van der Waals surface area contributed by atoms with E-state index in [0.29, 0.717) is 18.5 Å². The maximum Gasteiger partial charge on any atom is 0.337 e. The SMILES string of the molecule is COC(=O)c1cccc(C=CCCN=[N+]=[N-])c1. The van der Waals surface area contributed by atoms with Gasteiger partial charge < -0.3 is 4.74 Å². The molecule has 0 saturated carbocycles. The van der Waals surface area contributed by atoms with Gasteiger partial charge in [0.05, 0.1) is 12.7 Å². The van der Waals surface area contributed by atoms with Gasteiger partial charge in [-0.05, 0) is 29.6 Å². The molecule has 88 valence electrons. The van der Waals surface area contributed by atoms with Gasteiger partial charge in [-0.3, -0.25) is 0 Å². The van der Waals surface area contributed by atoms with Gasteiger partial charge in [-0.2, -0.15) is 0 Å². The Hall–Kier alpha value is -2.26. The number of methoxy groups -OCH3 is 1. The second-order valence-electron chi connectivity index (χ2n) is 3.26. The lowest BCUT2D eigenvalue weighted by atomic mass is 10.1. The molecule has 1 aromatic carbocycles. The van der Waals surface area contributed by atoms with Gasteiger partial charge in [-0.25, -0.2) is 4.79 Å². The zero-order valence-corrected chi connectivity index (χ0v) is 9.54. The molecule has 5 nitrogen and oxygen atoms in total. The summed E-state index contributed by atoms with van der Waals surface area (Å²) in [6, 6.07) is 7.12. The Labute approximate surface area is 99.3 Å². The van der Waals surface area contributed by atoms with Crippen LogP contribution in [0, 0.1) is 0 Å². The fraction of sp³-hybridized carbons (Fsp3) is 0.250. The molecule has 0 heterocycles. The summed E-state index contributed by atoms with van der Waals surface area (Å²) in [5, 5.41) is 3.42. The number of carbonyl (C=O) groups excluding carboxylic acids is 1. The van der Waals surface area contributed by atoms with Crippen LogP contribution in [0.4, 0.5) is 0 Å². The topological polar surface area (TPSA) is 75.1 Å². The van der Waals surface area contributed by atoms with Gasteiger partial charge in [0.25, 0.3) is 0 Å². The van der Waals surface area contributed by atoms with E-state index in [2.05, 4.69) is 14.8 Å². The van der Waals surface area contributed by atoms with E-state index in [1.54, 1.807) is 18.2 Å². The summed E-state index contributed by atoms with van der Waals surface area (Å²) in [5.74, 6) is -0.352. The van der Waals surface area contributed by atoms with Crippen molar-refractivity contribution in [2.24, 2.45) is 5.11 Å². The van der Waals surface area contributed by atoms with Crippen LogP contribution in [0.3, 0.4) is 0 Å². The second kappa shape index (κ2) is 7.09. The first kappa shape index (κ1) is 12.8. The van der Waals surface area contributed by atoms with Crippen LogP contribution in [0.1, 0.15) is 22.3 Å². The van der Waals surface area contributed by atoms with Crippen LogP contribution in [0.15, 0.2) is 35.5 Å². The lowest BCUT2D eigenvalue weighted by molar-refractivity contribution is 0.0600. The highest BCUT2D eigenvalue weighted by Crippen LogP contribution is 2.08. The number of benzene rings is 1. The average molecular weight is 231 g/mol. The maximum atomic E-state index is 11.3. The van der Waals surface area contributed by atoms with Gasteiger partial charge in [-0.1, -0.05) is 29.4 Å². The summed E-state index contributed by atoms with van der Waals surface area (Å²) in [7, 11) is 1.35. The molecule has 0 radical (unpaired) electrons. The molecule has 1 aromatic rings. The van der Waals surface area contributed by atoms with Crippen molar-refractivity contribution in [1.29, 1.82) is 0 Å². The first-order chi connectivity index (χ1) is 8.27. The molecular formula is C12H13N3O2. The molecule has 0 aliphatic rings. The largest absolute Gasteiger partial charge is 0.465 e. The van der Waals surface area contributed by atoms with E-state index >= 15 is 0 Å². The molecule has 0 saturated heterocycles. The molecule has 0 aromatic heterocycles. The van der Waals surface area contributed by atoms with Crippen molar-refractivity contribution < 1.29 is 9.53 Å². The number of hydrogen-bond acceptors (Lipinski definition) is 3. The minimum Gasteiger partial charge on any atom is -0.465 e. The fourth-order valence-corrected chi connectivity index (χ4v) is 1.28. The Morgan fingerprint density at radius 1 is 1.59 bits per heavy atom. The van der Waals surface area contributed by atoms with Crippen molar-refractivity contribution in [3.63, 3.8) is 0 Å². The Morgan fingerprint density at radius 3 is 3.12 bits per heavy atom. The third-order valence-corrected chi connectivity index (χ3v) is 2.08. The van der Waals surface area contributed by atoms with E-state index in [1.165, 1.54) is 7.11 Å². The van der Waals surface area contributed by atoms with Gasteiger partial charge in [0.2, 0.25) is 0 Å². The summed E-state index contributed by atoms with van der Waals surface area (Å²) >= 11 is 0. The number of nitrogens with zero attached hydrogens (tertiary/aromatic N) is 3. The molecule has 0 amide bonds. The highest BCUT2D eigenvalue weighted by molar-refractivity contribution is 5.89. The van der Waals surface area contributed by atoms with E-state index in [9.17, 15) is 4.79 Å². The zero-order chi connectivity index (χ0) is 12.5. The monoisotopic (exact) mass is 231 g/mol. The number of esters is 1. The van der Waals surface area contributed by atoms with Crippen LogP contribution in [-0.4, -0.2) is 19.6 Å². The molecule has 0 fully saturated rings. The van der Waals surface area contributed by atoms with E-state index in [-0.39, 0.29) is 5.97 Å². The molecule has 0 bridgehead atoms. The first-order valence-corrected chi connectivity index (χ1v) is 5.13. The molecule has 1 rings (SSSR count). The van der Waals surface area contributed by atoms with Crippen molar-refractivity contribution in [2.75, 3.05) is 13.7 Å². The molecule has 0 aliphatic heterocycles. The van der Waals surface area contributed by atoms with Crippen LogP contribution in [-0.2, 0) is 4.74 Å². The number of rotatable bonds is 5. The van der Waals surface area contributed by atoms with Gasteiger partial charge >= 0.3 is 5.97 Å². The molecule has 0 unspecified atom stereocenters. The highest BCUT2D eigenvalue weighted by Gasteiger charge is 2.03. The normalized spacial score (nSPS) is 9.94. The van der Waals surface area contributed by atoms with Crippen LogP contribution >= 0.6 is 0 Å². The minimum atomic E-state index is -0.352. The first-order valence-electron chi connectivity index (χ1n) is 5.13. The predicted octanol–water partition coefficient (Wildman–Crippen LogP) is 3.19. The molecule has 0 atom stereocenters. The van der Waals surface area contributed by atoms with Crippen LogP contribution in [0.5, 0.6) is 0 Å². The molecule has 0 aliphatic carbocycles. The third-order valence-electron chi connectivity index (χ3n) is 2.08. The van der Waals surface area contributed by atoms with Gasteiger partial charge in [0, 0.05) is 11.5 Å². The van der Waals surface area contributed by atoms with E-state index < -0.39 is 0 Å². The Morgan fingerprint density at radius 2 is 2.41 bits per heavy atom. The highest BCUT2D eigenvalue weighted by atomic mass is 16.5. The van der Waals surface area contributed by atoms with Crippen molar-refractivity contribution >= 4 is 12.0 Å². The summed E-state index contributed by atoms with van der Waals surface area (Å²) in [5.41, 5.74) is 9.52. The summed E-state index contributed by atoms with van der Waals surface area (Å²) in [6.45, 7) is 0.434. The second-order valence-corrected chi connectivity index (χ2v) is 3.26. The molecule has 17 heavy (non-hydrogen) atoms. The van der Waals surface area contributed by atoms with Crippen molar-refractivity contribution in [3.05, 3.63) is 51.9 Å². The summed E-state index contributed by atoms with van der Waals surface area (Å²) < 4.78 is 4.63. The molecule has 0 spiro atoms. The standard InChI is InChI=1S/C12H13N3O2/c1-17-12(16)11-7-4-6-10(9-11)5-2-3-8-14-15-13/h2,4-7,9H,3,8H2,1H3. The van der Waals surface area contributed by atoms with Crippen LogP contribution < -0.4 is 0 Å². The average Bonchev–Trinajstić information content (AvgIpc) is 2.38. The van der Waals surface area contributed by atoms with Crippen molar-refractivity contribution in [2.45, 2.75) is 6.42 Å². The Kier molecular flexibility index (Phi) is 5.34. The van der Waals surface area contributed by atoms with Crippen LogP contribution in [0.2, 0.25) is 0 Å². The lowest BCUT2D eigenvalue weighted by Gasteiger charge is -1.99. The molecule has 0 N–H and O–H groups in total. The summed E-state index contributed by atoms with van der Waals surface area (Å²) in [4.78, 5) is 13.9. The van der Waals surface area contributed by atoms with E-state index in [0.717, 1.165) is 5.56 Å². The minimum absolute atomic E-state index is 0.352. The third kappa shape index (κ3) is 4.40. The zero-order valence-electron chi connectivity index (χ0n) is 9.54. The van der Waals surface area contributed by atoms with E-state index in [4.69, 9.17) is 5.53 Å². The van der Waals surface area contributed by atoms with Gasteiger partial charge in [0.15, 0.2) is 0 Å². The van der Waals surface area contributed by atoms with Gasteiger partial charge in [-0.15, -0.1) is 0 Å². The summed E-state index contributed by atoms with van der Waals surface area (Å²) in [6.07, 6.45) is 4.44. The fourth-order valence-electron chi connectivity index (χ4n) is 1.28. The van der Waals surface area contributed by atoms with Crippen LogP contribution in [0.25, 0.3) is 16.5 Å². The predicted molar refractivity (Wildman–Crippen MR) is 65.4 cm³/mol. The lowest BCUT2D eigenvalue weighted by Crippen LogP contribution is -2.00. The van der Waals surface area contributed by atoms with Gasteiger partial charge in [0.1, 0.15) is 0 Å². The molecule has 5 heteroatoms.